The van der Waals surface area contributed by atoms with Crippen LogP contribution in [0.5, 0.6) is 0 Å². The Bertz CT molecular complexity index is 762. The maximum atomic E-state index is 13.9. The summed E-state index contributed by atoms with van der Waals surface area (Å²) in [6.07, 6.45) is 2.54. The second-order valence-corrected chi connectivity index (χ2v) is 6.62. The number of benzene rings is 1. The van der Waals surface area contributed by atoms with Crippen molar-refractivity contribution in [2.45, 2.75) is 25.4 Å². The molecule has 132 valence electrons. The highest BCUT2D eigenvalue weighted by Crippen LogP contribution is 2.33. The zero-order chi connectivity index (χ0) is 18.0. The number of hydrogen-bond acceptors (Lipinski definition) is 3. The van der Waals surface area contributed by atoms with Crippen molar-refractivity contribution in [3.05, 3.63) is 65.0 Å². The molecule has 1 aliphatic heterocycles. The Morgan fingerprint density at radius 3 is 2.64 bits per heavy atom. The maximum absolute atomic E-state index is 13.9. The molecule has 1 saturated heterocycles. The number of nitrogens with zero attached hydrogens (tertiary/aromatic N) is 3. The summed E-state index contributed by atoms with van der Waals surface area (Å²) in [7, 11) is 4.02. The number of likely N-dealkylation sites (tertiary alicyclic amines) is 1. The van der Waals surface area contributed by atoms with Gasteiger partial charge < -0.3 is 9.80 Å². The van der Waals surface area contributed by atoms with E-state index in [1.54, 1.807) is 4.90 Å². The minimum Gasteiger partial charge on any atom is -0.330 e. The van der Waals surface area contributed by atoms with Gasteiger partial charge in [-0.05, 0) is 38.1 Å². The highest BCUT2D eigenvalue weighted by Gasteiger charge is 2.32. The average Bonchev–Trinajstić information content (AvgIpc) is 3.04. The van der Waals surface area contributed by atoms with E-state index in [1.165, 1.54) is 5.56 Å². The number of halogens is 2. The standard InChI is InChI=1S/C19H21F2N3O/c1-23(2)12-13-5-7-14(8-6-13)17-4-3-9-24(17)19(25)18-16(21)10-15(20)11-22-18/h5-8,10-11,17H,3-4,9,12H2,1-2H3/t17-/m1/s1. The van der Waals surface area contributed by atoms with Gasteiger partial charge in [0.15, 0.2) is 11.5 Å². The summed E-state index contributed by atoms with van der Waals surface area (Å²) in [5.74, 6) is -2.20. The van der Waals surface area contributed by atoms with Gasteiger partial charge in [0.05, 0.1) is 12.2 Å². The van der Waals surface area contributed by atoms with Crippen LogP contribution in [-0.4, -0.2) is 41.3 Å². The van der Waals surface area contributed by atoms with Gasteiger partial charge in [0, 0.05) is 19.2 Å². The summed E-state index contributed by atoms with van der Waals surface area (Å²) < 4.78 is 26.9. The lowest BCUT2D eigenvalue weighted by atomic mass is 10.0. The summed E-state index contributed by atoms with van der Waals surface area (Å²) >= 11 is 0. The van der Waals surface area contributed by atoms with E-state index in [0.717, 1.165) is 31.1 Å². The van der Waals surface area contributed by atoms with Crippen molar-refractivity contribution in [2.24, 2.45) is 0 Å². The van der Waals surface area contributed by atoms with Crippen molar-refractivity contribution in [3.8, 4) is 0 Å². The van der Waals surface area contributed by atoms with Gasteiger partial charge in [-0.15, -0.1) is 0 Å². The molecule has 0 unspecified atom stereocenters. The summed E-state index contributed by atoms with van der Waals surface area (Å²) in [6, 6.07) is 8.72. The fourth-order valence-corrected chi connectivity index (χ4v) is 3.27. The minimum absolute atomic E-state index is 0.104. The Morgan fingerprint density at radius 1 is 1.28 bits per heavy atom. The van der Waals surface area contributed by atoms with Crippen molar-refractivity contribution in [1.82, 2.24) is 14.8 Å². The molecule has 0 radical (unpaired) electrons. The van der Waals surface area contributed by atoms with E-state index in [0.29, 0.717) is 12.6 Å². The van der Waals surface area contributed by atoms with E-state index in [2.05, 4.69) is 9.88 Å². The number of hydrogen-bond donors (Lipinski definition) is 0. The van der Waals surface area contributed by atoms with Crippen LogP contribution in [0.15, 0.2) is 36.5 Å². The SMILES string of the molecule is CN(C)Cc1ccc([C@H]2CCCN2C(=O)c2ncc(F)cc2F)cc1. The number of aromatic nitrogens is 1. The van der Waals surface area contributed by atoms with Gasteiger partial charge in [0.2, 0.25) is 0 Å². The second kappa shape index (κ2) is 7.27. The Balaban J connectivity index is 1.81. The zero-order valence-corrected chi connectivity index (χ0v) is 14.4. The van der Waals surface area contributed by atoms with E-state index < -0.39 is 17.5 Å². The fraction of sp³-hybridized carbons (Fsp3) is 0.368. The smallest absolute Gasteiger partial charge is 0.276 e. The van der Waals surface area contributed by atoms with Crippen LogP contribution in [0.25, 0.3) is 0 Å². The van der Waals surface area contributed by atoms with Gasteiger partial charge in [-0.3, -0.25) is 4.79 Å². The summed E-state index contributed by atoms with van der Waals surface area (Å²) in [4.78, 5) is 20.0. The van der Waals surface area contributed by atoms with Crippen molar-refractivity contribution in [3.63, 3.8) is 0 Å². The molecule has 0 N–H and O–H groups in total. The lowest BCUT2D eigenvalue weighted by Gasteiger charge is -2.25. The van der Waals surface area contributed by atoms with Crippen molar-refractivity contribution >= 4 is 5.91 Å². The average molecular weight is 345 g/mol. The molecule has 6 heteroatoms. The topological polar surface area (TPSA) is 36.4 Å². The fourth-order valence-electron chi connectivity index (χ4n) is 3.27. The molecule has 4 nitrogen and oxygen atoms in total. The highest BCUT2D eigenvalue weighted by molar-refractivity contribution is 5.93. The van der Waals surface area contributed by atoms with Crippen molar-refractivity contribution < 1.29 is 13.6 Å². The largest absolute Gasteiger partial charge is 0.330 e. The third kappa shape index (κ3) is 3.85. The molecule has 1 amide bonds. The lowest BCUT2D eigenvalue weighted by molar-refractivity contribution is 0.0724. The molecule has 3 rings (SSSR count). The zero-order valence-electron chi connectivity index (χ0n) is 14.4. The van der Waals surface area contributed by atoms with E-state index in [4.69, 9.17) is 0 Å². The van der Waals surface area contributed by atoms with Crippen LogP contribution in [-0.2, 0) is 6.54 Å². The predicted octanol–water partition coefficient (Wildman–Crippen LogP) is 3.40. The van der Waals surface area contributed by atoms with Crippen LogP contribution in [0, 0.1) is 11.6 Å². The van der Waals surface area contributed by atoms with Crippen LogP contribution in [0.4, 0.5) is 8.78 Å². The van der Waals surface area contributed by atoms with Crippen LogP contribution in [0.2, 0.25) is 0 Å². The molecular formula is C19H21F2N3O. The van der Waals surface area contributed by atoms with E-state index in [1.807, 2.05) is 38.4 Å². The number of amides is 1. The first-order valence-corrected chi connectivity index (χ1v) is 8.31. The van der Waals surface area contributed by atoms with Gasteiger partial charge in [0.25, 0.3) is 5.91 Å². The molecule has 1 aromatic heterocycles. The highest BCUT2D eigenvalue weighted by atomic mass is 19.1. The first-order valence-electron chi connectivity index (χ1n) is 8.31. The summed E-state index contributed by atoms with van der Waals surface area (Å²) in [6.45, 7) is 1.39. The molecule has 0 aliphatic carbocycles. The van der Waals surface area contributed by atoms with E-state index >= 15 is 0 Å². The van der Waals surface area contributed by atoms with Crippen molar-refractivity contribution in [2.75, 3.05) is 20.6 Å². The van der Waals surface area contributed by atoms with E-state index in [-0.39, 0.29) is 11.7 Å². The first-order chi connectivity index (χ1) is 12.0. The second-order valence-electron chi connectivity index (χ2n) is 6.62. The molecule has 0 saturated carbocycles. The number of carbonyl (C=O) groups is 1. The van der Waals surface area contributed by atoms with Crippen LogP contribution in [0.1, 0.15) is 40.5 Å². The predicted molar refractivity (Wildman–Crippen MR) is 91.0 cm³/mol. The Morgan fingerprint density at radius 2 is 2.00 bits per heavy atom. The van der Waals surface area contributed by atoms with Crippen LogP contribution >= 0.6 is 0 Å². The molecule has 0 spiro atoms. The molecular weight excluding hydrogens is 324 g/mol. The lowest BCUT2D eigenvalue weighted by Crippen LogP contribution is -2.32. The molecule has 1 atom stereocenters. The number of carbonyl (C=O) groups excluding carboxylic acids is 1. The number of rotatable bonds is 4. The molecule has 1 fully saturated rings. The molecule has 0 bridgehead atoms. The third-order valence-electron chi connectivity index (χ3n) is 4.39. The van der Waals surface area contributed by atoms with Crippen LogP contribution < -0.4 is 0 Å². The molecule has 1 aromatic carbocycles. The minimum atomic E-state index is -0.919. The molecule has 25 heavy (non-hydrogen) atoms. The van der Waals surface area contributed by atoms with Gasteiger partial charge in [-0.2, -0.15) is 0 Å². The maximum Gasteiger partial charge on any atom is 0.276 e. The van der Waals surface area contributed by atoms with E-state index in [9.17, 15) is 13.6 Å². The molecule has 2 heterocycles. The van der Waals surface area contributed by atoms with Gasteiger partial charge >= 0.3 is 0 Å². The first kappa shape index (κ1) is 17.5. The Kier molecular flexibility index (Phi) is 5.08. The Labute approximate surface area is 146 Å². The normalized spacial score (nSPS) is 17.3. The van der Waals surface area contributed by atoms with Crippen molar-refractivity contribution in [1.29, 1.82) is 0 Å². The molecule has 1 aliphatic rings. The third-order valence-corrected chi connectivity index (χ3v) is 4.39. The number of pyridine rings is 1. The quantitative estimate of drug-likeness (QED) is 0.852. The Hall–Kier alpha value is -2.34. The summed E-state index contributed by atoms with van der Waals surface area (Å²) in [5, 5.41) is 0. The van der Waals surface area contributed by atoms with Gasteiger partial charge in [-0.1, -0.05) is 24.3 Å². The molecule has 2 aromatic rings. The van der Waals surface area contributed by atoms with Crippen LogP contribution in [0.3, 0.4) is 0 Å². The van der Waals surface area contributed by atoms with Gasteiger partial charge in [0.1, 0.15) is 5.82 Å². The monoisotopic (exact) mass is 345 g/mol. The summed E-state index contributed by atoms with van der Waals surface area (Å²) in [5.41, 5.74) is 1.89. The van der Waals surface area contributed by atoms with Gasteiger partial charge in [-0.25, -0.2) is 13.8 Å².